The van der Waals surface area contributed by atoms with Crippen molar-refractivity contribution >= 4 is 22.2 Å². The highest BCUT2D eigenvalue weighted by atomic mass is 14.9. The van der Waals surface area contributed by atoms with Crippen LogP contribution in [0, 0.1) is 0 Å². The van der Waals surface area contributed by atoms with Gasteiger partial charge in [-0.1, -0.05) is 67.6 Å². The Balaban J connectivity index is 1.52. The van der Waals surface area contributed by atoms with Gasteiger partial charge in [0.25, 0.3) is 0 Å². The summed E-state index contributed by atoms with van der Waals surface area (Å²) in [6.07, 6.45) is 8.41. The van der Waals surface area contributed by atoms with Crippen molar-refractivity contribution in [3.05, 3.63) is 108 Å². The average Bonchev–Trinajstić information content (AvgIpc) is 3.08. The minimum atomic E-state index is 0.00855. The molecule has 30 heavy (non-hydrogen) atoms. The number of para-hydroxylation sites is 1. The normalized spacial score (nSPS) is 14.7. The topological polar surface area (TPSA) is 27.8 Å². The van der Waals surface area contributed by atoms with Gasteiger partial charge in [-0.15, -0.1) is 0 Å². The van der Waals surface area contributed by atoms with Crippen LogP contribution in [0.15, 0.2) is 85.6 Å². The van der Waals surface area contributed by atoms with E-state index in [1.807, 2.05) is 0 Å². The van der Waals surface area contributed by atoms with Gasteiger partial charge in [0.2, 0.25) is 0 Å². The van der Waals surface area contributed by atoms with Gasteiger partial charge in [0.15, 0.2) is 0 Å². The van der Waals surface area contributed by atoms with Crippen LogP contribution in [0.5, 0.6) is 0 Å². The fraction of sp³-hybridized carbons (Fsp3) is 0.214. The van der Waals surface area contributed by atoms with Crippen LogP contribution in [-0.4, -0.2) is 4.98 Å². The molecule has 0 amide bonds. The van der Waals surface area contributed by atoms with Crippen LogP contribution in [0.4, 0.5) is 5.69 Å². The third-order valence-electron chi connectivity index (χ3n) is 6.33. The SMILES string of the molecule is C=C(c1c[nH]c2ccccc12)C(Nc1ccc2c(c1)CCCCC2)c1ccccc1. The predicted molar refractivity (Wildman–Crippen MR) is 128 cm³/mol. The van der Waals surface area contributed by atoms with Gasteiger partial charge >= 0.3 is 0 Å². The van der Waals surface area contributed by atoms with E-state index in [9.17, 15) is 0 Å². The lowest BCUT2D eigenvalue weighted by Crippen LogP contribution is -2.13. The van der Waals surface area contributed by atoms with Crippen molar-refractivity contribution in [2.45, 2.75) is 38.1 Å². The first-order valence-corrected chi connectivity index (χ1v) is 11.0. The van der Waals surface area contributed by atoms with Crippen LogP contribution < -0.4 is 5.32 Å². The first-order valence-electron chi connectivity index (χ1n) is 11.0. The lowest BCUT2D eigenvalue weighted by molar-refractivity contribution is 0.711. The van der Waals surface area contributed by atoms with E-state index < -0.39 is 0 Å². The van der Waals surface area contributed by atoms with Crippen LogP contribution >= 0.6 is 0 Å². The van der Waals surface area contributed by atoms with Crippen LogP contribution in [0.3, 0.4) is 0 Å². The molecule has 4 aromatic rings. The standard InChI is InChI=1S/C28H28N2/c1-20(26-19-29-27-15-9-8-14-25(26)27)28(22-11-5-3-6-12-22)30-24-17-16-21-10-4-2-7-13-23(21)18-24/h3,5-6,8-9,11-12,14-19,28-30H,1-2,4,7,10,13H2. The average molecular weight is 393 g/mol. The van der Waals surface area contributed by atoms with E-state index in [2.05, 4.69) is 95.9 Å². The summed E-state index contributed by atoms with van der Waals surface area (Å²) in [4.78, 5) is 3.40. The molecule has 0 spiro atoms. The fourth-order valence-corrected chi connectivity index (χ4v) is 4.68. The summed E-state index contributed by atoms with van der Waals surface area (Å²) >= 11 is 0. The van der Waals surface area contributed by atoms with Crippen LogP contribution in [-0.2, 0) is 12.8 Å². The van der Waals surface area contributed by atoms with Gasteiger partial charge in [-0.05, 0) is 66.1 Å². The Morgan fingerprint density at radius 1 is 0.833 bits per heavy atom. The third-order valence-corrected chi connectivity index (χ3v) is 6.33. The minimum Gasteiger partial charge on any atom is -0.374 e. The lowest BCUT2D eigenvalue weighted by atomic mass is 9.93. The maximum atomic E-state index is 4.54. The molecule has 0 fully saturated rings. The van der Waals surface area contributed by atoms with Crippen molar-refractivity contribution in [3.8, 4) is 0 Å². The second kappa shape index (κ2) is 8.23. The molecule has 1 atom stereocenters. The molecule has 2 nitrogen and oxygen atoms in total. The molecule has 0 saturated heterocycles. The summed E-state index contributed by atoms with van der Waals surface area (Å²) in [5.41, 5.74) is 8.81. The van der Waals surface area contributed by atoms with Gasteiger partial charge in [-0.3, -0.25) is 0 Å². The third kappa shape index (κ3) is 3.66. The summed E-state index contributed by atoms with van der Waals surface area (Å²) in [7, 11) is 0. The van der Waals surface area contributed by atoms with Crippen molar-refractivity contribution in [2.24, 2.45) is 0 Å². The molecule has 0 saturated carbocycles. The number of fused-ring (bicyclic) bond motifs is 2. The minimum absolute atomic E-state index is 0.00855. The molecule has 2 N–H and O–H groups in total. The highest BCUT2D eigenvalue weighted by Gasteiger charge is 2.20. The van der Waals surface area contributed by atoms with Gasteiger partial charge in [-0.2, -0.15) is 0 Å². The maximum Gasteiger partial charge on any atom is 0.0768 e. The molecule has 150 valence electrons. The number of aromatic nitrogens is 1. The van der Waals surface area contributed by atoms with E-state index in [1.54, 1.807) is 0 Å². The number of rotatable bonds is 5. The zero-order chi connectivity index (χ0) is 20.3. The van der Waals surface area contributed by atoms with Gasteiger partial charge in [0, 0.05) is 28.4 Å². The summed E-state index contributed by atoms with van der Waals surface area (Å²) in [6, 6.07) is 26.0. The molecule has 0 bridgehead atoms. The van der Waals surface area contributed by atoms with Crippen molar-refractivity contribution in [3.63, 3.8) is 0 Å². The molecular formula is C28H28N2. The maximum absolute atomic E-state index is 4.54. The van der Waals surface area contributed by atoms with Crippen molar-refractivity contribution in [1.29, 1.82) is 0 Å². The summed E-state index contributed by atoms with van der Waals surface area (Å²) in [5.74, 6) is 0. The van der Waals surface area contributed by atoms with Gasteiger partial charge in [0.1, 0.15) is 0 Å². The van der Waals surface area contributed by atoms with E-state index >= 15 is 0 Å². The number of H-pyrrole nitrogens is 1. The van der Waals surface area contributed by atoms with Gasteiger partial charge < -0.3 is 10.3 Å². The molecule has 0 radical (unpaired) electrons. The van der Waals surface area contributed by atoms with E-state index in [-0.39, 0.29) is 6.04 Å². The highest BCUT2D eigenvalue weighted by Crippen LogP contribution is 2.36. The number of hydrogen-bond acceptors (Lipinski definition) is 1. The number of benzene rings is 3. The van der Waals surface area contributed by atoms with E-state index in [4.69, 9.17) is 0 Å². The Hall–Kier alpha value is -3.26. The molecule has 5 rings (SSSR count). The largest absolute Gasteiger partial charge is 0.374 e. The van der Waals surface area contributed by atoms with Gasteiger partial charge in [0.05, 0.1) is 6.04 Å². The molecule has 2 heteroatoms. The van der Waals surface area contributed by atoms with Crippen LogP contribution in [0.2, 0.25) is 0 Å². The fourth-order valence-electron chi connectivity index (χ4n) is 4.68. The summed E-state index contributed by atoms with van der Waals surface area (Å²) in [6.45, 7) is 4.54. The molecule has 0 aliphatic heterocycles. The monoisotopic (exact) mass is 392 g/mol. The Labute approximate surface area is 178 Å². The van der Waals surface area contributed by atoms with Crippen molar-refractivity contribution < 1.29 is 0 Å². The summed E-state index contributed by atoms with van der Waals surface area (Å²) < 4.78 is 0. The highest BCUT2D eigenvalue weighted by molar-refractivity contribution is 5.94. The van der Waals surface area contributed by atoms with E-state index in [1.165, 1.54) is 65.4 Å². The molecule has 1 unspecified atom stereocenters. The van der Waals surface area contributed by atoms with Crippen LogP contribution in [0.25, 0.3) is 16.5 Å². The number of aryl methyl sites for hydroxylation is 2. The summed E-state index contributed by atoms with van der Waals surface area (Å²) in [5, 5.41) is 5.02. The first-order chi connectivity index (χ1) is 14.8. The Kier molecular flexibility index (Phi) is 5.15. The van der Waals surface area contributed by atoms with E-state index in [0.29, 0.717) is 0 Å². The molecular weight excluding hydrogens is 364 g/mol. The zero-order valence-corrected chi connectivity index (χ0v) is 17.3. The zero-order valence-electron chi connectivity index (χ0n) is 17.3. The Morgan fingerprint density at radius 2 is 1.60 bits per heavy atom. The second-order valence-electron chi connectivity index (χ2n) is 8.31. The second-order valence-corrected chi connectivity index (χ2v) is 8.31. The van der Waals surface area contributed by atoms with Crippen molar-refractivity contribution in [1.82, 2.24) is 4.98 Å². The predicted octanol–water partition coefficient (Wildman–Crippen LogP) is 7.30. The molecule has 1 aliphatic carbocycles. The lowest BCUT2D eigenvalue weighted by Gasteiger charge is -2.24. The van der Waals surface area contributed by atoms with E-state index in [0.717, 1.165) is 11.1 Å². The smallest absolute Gasteiger partial charge is 0.0768 e. The first kappa shape index (κ1) is 18.7. The molecule has 1 aromatic heterocycles. The van der Waals surface area contributed by atoms with Crippen molar-refractivity contribution in [2.75, 3.05) is 5.32 Å². The number of anilines is 1. The number of nitrogens with one attached hydrogen (secondary N) is 2. The number of aromatic amines is 1. The molecule has 1 aliphatic rings. The molecule has 3 aromatic carbocycles. The van der Waals surface area contributed by atoms with Crippen LogP contribution in [0.1, 0.15) is 47.6 Å². The number of hydrogen-bond donors (Lipinski definition) is 2. The Bertz CT molecular complexity index is 1170. The molecule has 1 heterocycles. The van der Waals surface area contributed by atoms with Gasteiger partial charge in [-0.25, -0.2) is 0 Å². The quantitative estimate of drug-likeness (QED) is 0.343. The Morgan fingerprint density at radius 3 is 2.47 bits per heavy atom.